The maximum Gasteiger partial charge on any atom is 0.0654 e. The SMILES string of the molecule is CC(C)=CCC[C@@](C)(O)C1CC[C@]2(C)C1C(O)CC1[C@@]3(C)CCC(O)C(C)(C)C3C(O)C[C@]12C. The van der Waals surface area contributed by atoms with Crippen LogP contribution < -0.4 is 0 Å². The zero-order chi connectivity index (χ0) is 25.5. The van der Waals surface area contributed by atoms with Crippen LogP contribution in [0.2, 0.25) is 0 Å². The van der Waals surface area contributed by atoms with Crippen LogP contribution in [0.5, 0.6) is 0 Å². The summed E-state index contributed by atoms with van der Waals surface area (Å²) in [5.41, 5.74) is -0.230. The van der Waals surface area contributed by atoms with Crippen LogP contribution in [0.1, 0.15) is 107 Å². The van der Waals surface area contributed by atoms with Gasteiger partial charge >= 0.3 is 0 Å². The van der Waals surface area contributed by atoms with E-state index in [2.05, 4.69) is 54.5 Å². The lowest BCUT2D eigenvalue weighted by molar-refractivity contribution is -0.274. The molecule has 196 valence electrons. The van der Waals surface area contributed by atoms with Crippen molar-refractivity contribution in [2.24, 2.45) is 45.3 Å². The summed E-state index contributed by atoms with van der Waals surface area (Å²) in [5.74, 6) is 0.442. The topological polar surface area (TPSA) is 80.9 Å². The first-order chi connectivity index (χ1) is 15.5. The molecule has 4 aliphatic carbocycles. The van der Waals surface area contributed by atoms with Gasteiger partial charge in [0.1, 0.15) is 0 Å². The minimum atomic E-state index is -0.810. The third-order valence-electron chi connectivity index (χ3n) is 12.3. The second-order valence-electron chi connectivity index (χ2n) is 14.7. The highest BCUT2D eigenvalue weighted by Crippen LogP contribution is 2.75. The minimum absolute atomic E-state index is 0.0264. The lowest BCUT2D eigenvalue weighted by Gasteiger charge is -2.71. The summed E-state index contributed by atoms with van der Waals surface area (Å²) < 4.78 is 0. The molecule has 4 aliphatic rings. The first-order valence-electron chi connectivity index (χ1n) is 13.9. The molecule has 0 aromatic heterocycles. The predicted molar refractivity (Wildman–Crippen MR) is 137 cm³/mol. The van der Waals surface area contributed by atoms with Crippen LogP contribution >= 0.6 is 0 Å². The molecule has 0 aromatic rings. The molecule has 4 fully saturated rings. The van der Waals surface area contributed by atoms with E-state index in [1.54, 1.807) is 0 Å². The number of rotatable bonds is 4. The van der Waals surface area contributed by atoms with E-state index in [9.17, 15) is 20.4 Å². The molecule has 4 saturated carbocycles. The minimum Gasteiger partial charge on any atom is -0.393 e. The maximum absolute atomic E-state index is 11.8. The number of hydrogen-bond donors (Lipinski definition) is 4. The van der Waals surface area contributed by atoms with E-state index in [0.717, 1.165) is 51.4 Å². The fourth-order valence-electron chi connectivity index (χ4n) is 10.5. The van der Waals surface area contributed by atoms with Crippen LogP contribution in [-0.2, 0) is 0 Å². The third-order valence-corrected chi connectivity index (χ3v) is 12.3. The fourth-order valence-corrected chi connectivity index (χ4v) is 10.5. The van der Waals surface area contributed by atoms with Crippen molar-refractivity contribution in [2.45, 2.75) is 131 Å². The number of allylic oxidation sites excluding steroid dienone is 2. The van der Waals surface area contributed by atoms with E-state index in [4.69, 9.17) is 0 Å². The number of hydrogen-bond acceptors (Lipinski definition) is 4. The Balaban J connectivity index is 1.70. The summed E-state index contributed by atoms with van der Waals surface area (Å²) in [7, 11) is 0. The summed E-state index contributed by atoms with van der Waals surface area (Å²) in [6.07, 6.45) is 7.54. The first-order valence-corrected chi connectivity index (χ1v) is 13.9. The van der Waals surface area contributed by atoms with Crippen molar-refractivity contribution in [2.75, 3.05) is 0 Å². The summed E-state index contributed by atoms with van der Waals surface area (Å²) in [5, 5.41) is 46.0. The molecule has 0 aromatic carbocycles. The predicted octanol–water partition coefficient (Wildman–Crippen LogP) is 5.47. The van der Waals surface area contributed by atoms with Crippen LogP contribution in [0.4, 0.5) is 0 Å². The Hall–Kier alpha value is -0.420. The Labute approximate surface area is 208 Å². The highest BCUT2D eigenvalue weighted by molar-refractivity contribution is 5.21. The normalized spacial score (nSPS) is 51.6. The zero-order valence-corrected chi connectivity index (χ0v) is 23.1. The van der Waals surface area contributed by atoms with Crippen molar-refractivity contribution < 1.29 is 20.4 Å². The Kier molecular flexibility index (Phi) is 6.50. The molecule has 4 N–H and O–H groups in total. The molecule has 0 amide bonds. The van der Waals surface area contributed by atoms with Gasteiger partial charge in [0.15, 0.2) is 0 Å². The van der Waals surface area contributed by atoms with Gasteiger partial charge < -0.3 is 20.4 Å². The molecule has 0 saturated heterocycles. The van der Waals surface area contributed by atoms with Crippen LogP contribution in [-0.4, -0.2) is 44.3 Å². The summed E-state index contributed by atoms with van der Waals surface area (Å²) in [6.45, 7) is 17.5. The second kappa shape index (κ2) is 8.30. The van der Waals surface area contributed by atoms with Gasteiger partial charge in [-0.05, 0) is 117 Å². The van der Waals surface area contributed by atoms with E-state index < -0.39 is 23.9 Å². The van der Waals surface area contributed by atoms with E-state index >= 15 is 0 Å². The van der Waals surface area contributed by atoms with Crippen molar-refractivity contribution in [3.8, 4) is 0 Å². The molecule has 7 unspecified atom stereocenters. The lowest BCUT2D eigenvalue weighted by atomic mass is 9.34. The molecular weight excluding hydrogens is 424 g/mol. The first kappa shape index (κ1) is 26.6. The van der Waals surface area contributed by atoms with Gasteiger partial charge in [-0.2, -0.15) is 0 Å². The molecule has 4 nitrogen and oxygen atoms in total. The van der Waals surface area contributed by atoms with Gasteiger partial charge in [-0.1, -0.05) is 46.3 Å². The van der Waals surface area contributed by atoms with Gasteiger partial charge in [0.2, 0.25) is 0 Å². The molecule has 0 radical (unpaired) electrons. The summed E-state index contributed by atoms with van der Waals surface area (Å²) in [6, 6.07) is 0. The van der Waals surface area contributed by atoms with Crippen molar-refractivity contribution in [3.05, 3.63) is 11.6 Å². The maximum atomic E-state index is 11.8. The van der Waals surface area contributed by atoms with Crippen molar-refractivity contribution >= 4 is 0 Å². The number of fused-ring (bicyclic) bond motifs is 5. The molecular formula is C30H52O4. The molecule has 34 heavy (non-hydrogen) atoms. The Bertz CT molecular complexity index is 813. The fraction of sp³-hybridized carbons (Fsp3) is 0.933. The Morgan fingerprint density at radius 2 is 1.59 bits per heavy atom. The van der Waals surface area contributed by atoms with Crippen molar-refractivity contribution in [1.82, 2.24) is 0 Å². The van der Waals surface area contributed by atoms with Crippen LogP contribution in [0, 0.1) is 45.3 Å². The van der Waals surface area contributed by atoms with Gasteiger partial charge in [-0.3, -0.25) is 0 Å². The van der Waals surface area contributed by atoms with Crippen LogP contribution in [0.15, 0.2) is 11.6 Å². The van der Waals surface area contributed by atoms with Crippen LogP contribution in [0.3, 0.4) is 0 Å². The quantitative estimate of drug-likeness (QED) is 0.406. The standard InChI is InChI=1S/C30H52O4/c1-18(2)10-9-13-30(8,34)19-11-15-28(6)24(19)20(31)16-22-27(5)14-12-23(33)26(3,4)25(27)21(32)17-29(22,28)7/h10,19-25,31-34H,9,11-17H2,1-8H3/t19?,20?,21?,22?,23?,24?,25?,27-,28-,29-,30-/m1/s1. The van der Waals surface area contributed by atoms with E-state index in [0.29, 0.717) is 5.92 Å². The smallest absolute Gasteiger partial charge is 0.0654 e. The third kappa shape index (κ3) is 3.60. The molecule has 11 atom stereocenters. The molecule has 4 heteroatoms. The van der Waals surface area contributed by atoms with E-state index in [1.807, 2.05) is 6.92 Å². The number of aliphatic hydroxyl groups excluding tert-OH is 3. The molecule has 0 heterocycles. The zero-order valence-electron chi connectivity index (χ0n) is 23.1. The van der Waals surface area contributed by atoms with Crippen molar-refractivity contribution in [1.29, 1.82) is 0 Å². The molecule has 0 spiro atoms. The average molecular weight is 477 g/mol. The van der Waals surface area contributed by atoms with Gasteiger partial charge in [0, 0.05) is 0 Å². The largest absolute Gasteiger partial charge is 0.393 e. The highest BCUT2D eigenvalue weighted by atomic mass is 16.3. The van der Waals surface area contributed by atoms with E-state index in [-0.39, 0.29) is 39.4 Å². The lowest BCUT2D eigenvalue weighted by Crippen LogP contribution is -2.69. The monoisotopic (exact) mass is 476 g/mol. The number of aliphatic hydroxyl groups is 4. The van der Waals surface area contributed by atoms with Gasteiger partial charge in [0.25, 0.3) is 0 Å². The molecule has 4 rings (SSSR count). The summed E-state index contributed by atoms with van der Waals surface area (Å²) >= 11 is 0. The van der Waals surface area contributed by atoms with Crippen LogP contribution in [0.25, 0.3) is 0 Å². The van der Waals surface area contributed by atoms with Crippen molar-refractivity contribution in [3.63, 3.8) is 0 Å². The van der Waals surface area contributed by atoms with E-state index in [1.165, 1.54) is 5.57 Å². The Morgan fingerprint density at radius 3 is 2.21 bits per heavy atom. The second-order valence-corrected chi connectivity index (χ2v) is 14.7. The highest BCUT2D eigenvalue weighted by Gasteiger charge is 2.72. The van der Waals surface area contributed by atoms with Gasteiger partial charge in [0.05, 0.1) is 23.9 Å². The molecule has 0 aliphatic heterocycles. The molecule has 0 bridgehead atoms. The van der Waals surface area contributed by atoms with Gasteiger partial charge in [-0.25, -0.2) is 0 Å². The van der Waals surface area contributed by atoms with Gasteiger partial charge in [-0.15, -0.1) is 0 Å². The average Bonchev–Trinajstić information content (AvgIpc) is 3.07. The summed E-state index contributed by atoms with van der Waals surface area (Å²) in [4.78, 5) is 0. The Morgan fingerprint density at radius 1 is 0.941 bits per heavy atom.